The summed E-state index contributed by atoms with van der Waals surface area (Å²) in [5, 5.41) is 14.8. The number of carboxylic acids is 2. The van der Waals surface area contributed by atoms with E-state index in [1.165, 1.54) is 0 Å². The molecule has 0 heterocycles. The van der Waals surface area contributed by atoms with Crippen molar-refractivity contribution in [3.05, 3.63) is 0 Å². The van der Waals surface area contributed by atoms with Crippen molar-refractivity contribution in [1.29, 1.82) is 0 Å². The molecule has 0 spiro atoms. The Balaban J connectivity index is -0.00000000375. The Labute approximate surface area is 101 Å². The predicted molar refractivity (Wildman–Crippen MR) is 51.9 cm³/mol. The van der Waals surface area contributed by atoms with Gasteiger partial charge in [0.05, 0.1) is 0 Å². The third-order valence-electron chi connectivity index (χ3n) is 0. The molecule has 0 aliphatic carbocycles. The molecule has 0 fully saturated rings. The average molecular weight is 305 g/mol. The van der Waals surface area contributed by atoms with E-state index in [2.05, 4.69) is 0 Å². The molecule has 0 atom stereocenters. The van der Waals surface area contributed by atoms with Crippen LogP contribution in [0, 0.1) is 0 Å². The first-order chi connectivity index (χ1) is 3.46. The Kier molecular flexibility index (Phi) is 656. The molecule has 0 aromatic heterocycles. The standard InChI is InChI=1S/2C2H4O2.Co.7H2O/c2*1-2(3)4;;;;;;;;/h2*1H3,(H,3,4);;7*1H2. The molecule has 0 amide bonds. The summed E-state index contributed by atoms with van der Waals surface area (Å²) in [7, 11) is 0. The second-order valence-corrected chi connectivity index (χ2v) is 1.04. The van der Waals surface area contributed by atoms with Crippen LogP contribution in [0.2, 0.25) is 0 Å². The van der Waals surface area contributed by atoms with Crippen molar-refractivity contribution in [3.8, 4) is 0 Å². The van der Waals surface area contributed by atoms with E-state index in [1.807, 2.05) is 0 Å². The number of hydrogen-bond donors (Lipinski definition) is 2. The minimum Gasteiger partial charge on any atom is -0.481 e. The molecule has 0 unspecified atom stereocenters. The van der Waals surface area contributed by atoms with Crippen LogP contribution in [0.4, 0.5) is 0 Å². The van der Waals surface area contributed by atoms with E-state index in [0.29, 0.717) is 0 Å². The molecule has 0 aliphatic rings. The summed E-state index contributed by atoms with van der Waals surface area (Å²) in [5.41, 5.74) is 0. The SMILES string of the molecule is CC(=O)O.CC(=O)O.O.O.O.O.O.O.O.[Co]. The van der Waals surface area contributed by atoms with Gasteiger partial charge in [0.2, 0.25) is 0 Å². The third kappa shape index (κ3) is 2810. The van der Waals surface area contributed by atoms with Crippen molar-refractivity contribution in [1.82, 2.24) is 0 Å². The fraction of sp³-hybridized carbons (Fsp3) is 0.500. The largest absolute Gasteiger partial charge is 0.481 e. The number of aliphatic carboxylic acids is 2. The summed E-state index contributed by atoms with van der Waals surface area (Å²) in [6.45, 7) is 2.17. The zero-order chi connectivity index (χ0) is 7.15. The van der Waals surface area contributed by atoms with Crippen LogP contribution in [-0.2, 0) is 26.4 Å². The van der Waals surface area contributed by atoms with E-state index in [1.54, 1.807) is 0 Å². The van der Waals surface area contributed by atoms with Crippen LogP contribution >= 0.6 is 0 Å². The van der Waals surface area contributed by atoms with Gasteiger partial charge in [-0.15, -0.1) is 0 Å². The Morgan fingerprint density at radius 3 is 0.625 bits per heavy atom. The van der Waals surface area contributed by atoms with Crippen molar-refractivity contribution in [3.63, 3.8) is 0 Å². The molecule has 1 radical (unpaired) electrons. The summed E-state index contributed by atoms with van der Waals surface area (Å²) < 4.78 is 0. The molecule has 0 bridgehead atoms. The van der Waals surface area contributed by atoms with Gasteiger partial charge in [0.1, 0.15) is 0 Å². The van der Waals surface area contributed by atoms with Gasteiger partial charge in [-0.2, -0.15) is 0 Å². The van der Waals surface area contributed by atoms with Crippen LogP contribution in [0.1, 0.15) is 13.8 Å². The second-order valence-electron chi connectivity index (χ2n) is 1.04. The maximum absolute atomic E-state index is 9.00. The first-order valence-electron chi connectivity index (χ1n) is 1.86. The molecule has 12 heteroatoms. The van der Waals surface area contributed by atoms with Crippen LogP contribution in [0.25, 0.3) is 0 Å². The van der Waals surface area contributed by atoms with E-state index in [0.717, 1.165) is 13.8 Å². The van der Waals surface area contributed by atoms with Gasteiger partial charge >= 0.3 is 0 Å². The second kappa shape index (κ2) is 92.0. The first kappa shape index (κ1) is 114. The number of hydrogen-bond acceptors (Lipinski definition) is 2. The van der Waals surface area contributed by atoms with E-state index < -0.39 is 11.9 Å². The van der Waals surface area contributed by atoms with Crippen LogP contribution in [-0.4, -0.2) is 60.5 Å². The minimum absolute atomic E-state index is 0. The van der Waals surface area contributed by atoms with Gasteiger partial charge in [-0.05, 0) is 0 Å². The van der Waals surface area contributed by atoms with Crippen molar-refractivity contribution in [2.75, 3.05) is 0 Å². The summed E-state index contributed by atoms with van der Waals surface area (Å²) in [6.07, 6.45) is 0. The van der Waals surface area contributed by atoms with Crippen molar-refractivity contribution in [2.45, 2.75) is 13.8 Å². The maximum atomic E-state index is 9.00. The molecule has 16 heavy (non-hydrogen) atoms. The molecule has 0 saturated heterocycles. The molecule has 11 nitrogen and oxygen atoms in total. The minimum atomic E-state index is -0.833. The van der Waals surface area contributed by atoms with Crippen molar-refractivity contribution >= 4 is 11.9 Å². The normalized spacial score (nSPS) is 3.12. The van der Waals surface area contributed by atoms with E-state index in [-0.39, 0.29) is 55.1 Å². The summed E-state index contributed by atoms with van der Waals surface area (Å²) in [5.74, 6) is -1.67. The van der Waals surface area contributed by atoms with Gasteiger partial charge in [0, 0.05) is 30.6 Å². The van der Waals surface area contributed by atoms with Gasteiger partial charge in [0.25, 0.3) is 11.9 Å². The quantitative estimate of drug-likeness (QED) is 0.441. The van der Waals surface area contributed by atoms with Crippen molar-refractivity contribution in [2.24, 2.45) is 0 Å². The Bertz CT molecular complexity index is 76.0. The monoisotopic (exact) mass is 305 g/mol. The topological polar surface area (TPSA) is 295 Å². The molecule has 113 valence electrons. The number of carboxylic acid groups (broad SMARTS) is 2. The Morgan fingerprint density at radius 1 is 0.625 bits per heavy atom. The van der Waals surface area contributed by atoms with Gasteiger partial charge in [-0.3, -0.25) is 9.59 Å². The zero-order valence-corrected chi connectivity index (χ0v) is 9.59. The zero-order valence-electron chi connectivity index (χ0n) is 8.54. The number of carbonyl (C=O) groups is 2. The molecule has 0 aromatic carbocycles. The molecule has 0 aliphatic heterocycles. The maximum Gasteiger partial charge on any atom is 0.300 e. The molecule has 16 N–H and O–H groups in total. The predicted octanol–water partition coefficient (Wildman–Crippen LogP) is -5.59. The third-order valence-corrected chi connectivity index (χ3v) is 0. The van der Waals surface area contributed by atoms with E-state index in [4.69, 9.17) is 19.8 Å². The van der Waals surface area contributed by atoms with Crippen molar-refractivity contribution < 1.29 is 74.9 Å². The first-order valence-corrected chi connectivity index (χ1v) is 1.86. The molecule has 0 aromatic rings. The van der Waals surface area contributed by atoms with Crippen LogP contribution < -0.4 is 0 Å². The summed E-state index contributed by atoms with van der Waals surface area (Å²) >= 11 is 0. The van der Waals surface area contributed by atoms with Gasteiger partial charge in [-0.25, -0.2) is 0 Å². The molecular weight excluding hydrogens is 283 g/mol. The number of rotatable bonds is 0. The molecule has 0 saturated carbocycles. The van der Waals surface area contributed by atoms with E-state index >= 15 is 0 Å². The van der Waals surface area contributed by atoms with Crippen LogP contribution in [0.5, 0.6) is 0 Å². The Hall–Kier alpha value is -0.834. The Morgan fingerprint density at radius 2 is 0.625 bits per heavy atom. The van der Waals surface area contributed by atoms with Gasteiger partial charge in [0.15, 0.2) is 0 Å². The average Bonchev–Trinajstić information content (AvgIpc) is 1.25. The fourth-order valence-electron chi connectivity index (χ4n) is 0. The smallest absolute Gasteiger partial charge is 0.300 e. The van der Waals surface area contributed by atoms with Crippen LogP contribution in [0.3, 0.4) is 0 Å². The van der Waals surface area contributed by atoms with E-state index in [9.17, 15) is 0 Å². The molecular formula is C4H22CoO11. The fourth-order valence-corrected chi connectivity index (χ4v) is 0. The summed E-state index contributed by atoms with van der Waals surface area (Å²) in [6, 6.07) is 0. The molecule has 0 rings (SSSR count). The summed E-state index contributed by atoms with van der Waals surface area (Å²) in [4.78, 5) is 18.0. The van der Waals surface area contributed by atoms with Gasteiger partial charge < -0.3 is 48.5 Å². The van der Waals surface area contributed by atoms with Gasteiger partial charge in [-0.1, -0.05) is 0 Å². The van der Waals surface area contributed by atoms with Crippen LogP contribution in [0.15, 0.2) is 0 Å².